The van der Waals surface area contributed by atoms with E-state index in [1.807, 2.05) is 60.0 Å². The van der Waals surface area contributed by atoms with Gasteiger partial charge in [-0.25, -0.2) is 0 Å². The quantitative estimate of drug-likeness (QED) is 0.466. The molecule has 0 saturated carbocycles. The Kier molecular flexibility index (Phi) is 7.68. The van der Waals surface area contributed by atoms with Crippen LogP contribution in [0.2, 0.25) is 5.02 Å². The fourth-order valence-electron chi connectivity index (χ4n) is 3.48. The molecule has 0 bridgehead atoms. The highest BCUT2D eigenvalue weighted by Crippen LogP contribution is 2.30. The topological polar surface area (TPSA) is 78.3 Å². The Hall–Kier alpha value is -2.55. The minimum Gasteiger partial charge on any atom is -0.494 e. The first-order chi connectivity index (χ1) is 15.6. The van der Waals surface area contributed by atoms with Crippen molar-refractivity contribution in [3.05, 3.63) is 53.6 Å². The second-order valence-corrected chi connectivity index (χ2v) is 8.69. The zero-order valence-corrected chi connectivity index (χ0v) is 19.4. The van der Waals surface area contributed by atoms with Gasteiger partial charge in [0.05, 0.1) is 18.5 Å². The molecule has 3 aromatic rings. The van der Waals surface area contributed by atoms with E-state index in [0.29, 0.717) is 29.2 Å². The molecule has 1 aromatic heterocycles. The number of hydrogen-bond donors (Lipinski definition) is 1. The smallest absolute Gasteiger partial charge is 0.230 e. The first-order valence-electron chi connectivity index (χ1n) is 10.6. The van der Waals surface area contributed by atoms with Gasteiger partial charge in [0.2, 0.25) is 5.91 Å². The summed E-state index contributed by atoms with van der Waals surface area (Å²) in [7, 11) is 0. The Morgan fingerprint density at radius 1 is 1.28 bits per heavy atom. The predicted molar refractivity (Wildman–Crippen MR) is 126 cm³/mol. The first kappa shape index (κ1) is 22.6. The van der Waals surface area contributed by atoms with Gasteiger partial charge in [-0.15, -0.1) is 10.2 Å². The maximum Gasteiger partial charge on any atom is 0.230 e. The fourth-order valence-corrected chi connectivity index (χ4v) is 4.46. The summed E-state index contributed by atoms with van der Waals surface area (Å²) >= 11 is 7.54. The third kappa shape index (κ3) is 5.62. The summed E-state index contributed by atoms with van der Waals surface area (Å²) in [5, 5.41) is 12.9. The van der Waals surface area contributed by atoms with Crippen molar-refractivity contribution in [2.45, 2.75) is 31.0 Å². The highest BCUT2D eigenvalue weighted by Gasteiger charge is 2.19. The summed E-state index contributed by atoms with van der Waals surface area (Å²) in [5.74, 6) is 1.61. The number of nitrogens with zero attached hydrogens (tertiary/aromatic N) is 3. The van der Waals surface area contributed by atoms with Crippen LogP contribution < -0.4 is 10.1 Å². The van der Waals surface area contributed by atoms with E-state index in [1.54, 1.807) is 0 Å². The van der Waals surface area contributed by atoms with Crippen molar-refractivity contribution < 1.29 is 14.3 Å². The molecule has 32 heavy (non-hydrogen) atoms. The van der Waals surface area contributed by atoms with E-state index in [2.05, 4.69) is 15.5 Å². The number of halogens is 1. The number of rotatable bonds is 9. The summed E-state index contributed by atoms with van der Waals surface area (Å²) in [5.41, 5.74) is 1.71. The van der Waals surface area contributed by atoms with Gasteiger partial charge in [-0.1, -0.05) is 35.5 Å². The SMILES string of the molecule is CCOc1ccc(-n2c(SCC(=O)NCC3CCCO3)nnc2-c2cccc(Cl)c2)cc1. The monoisotopic (exact) mass is 472 g/mol. The van der Waals surface area contributed by atoms with Crippen LogP contribution in [0.4, 0.5) is 0 Å². The van der Waals surface area contributed by atoms with E-state index >= 15 is 0 Å². The normalized spacial score (nSPS) is 15.6. The third-order valence-corrected chi connectivity index (χ3v) is 6.17. The molecule has 1 amide bonds. The van der Waals surface area contributed by atoms with Gasteiger partial charge >= 0.3 is 0 Å². The minimum absolute atomic E-state index is 0.0592. The molecular weight excluding hydrogens is 448 g/mol. The van der Waals surface area contributed by atoms with Crippen molar-refractivity contribution in [2.24, 2.45) is 0 Å². The van der Waals surface area contributed by atoms with Gasteiger partial charge in [0.25, 0.3) is 0 Å². The number of aromatic nitrogens is 3. The second-order valence-electron chi connectivity index (χ2n) is 7.31. The third-order valence-electron chi connectivity index (χ3n) is 5.01. The molecule has 0 aliphatic carbocycles. The van der Waals surface area contributed by atoms with Gasteiger partial charge < -0.3 is 14.8 Å². The molecule has 1 aliphatic heterocycles. The number of carbonyl (C=O) groups excluding carboxylic acids is 1. The lowest BCUT2D eigenvalue weighted by Crippen LogP contribution is -2.32. The highest BCUT2D eigenvalue weighted by atomic mass is 35.5. The molecule has 1 atom stereocenters. The van der Waals surface area contributed by atoms with E-state index in [-0.39, 0.29) is 17.8 Å². The van der Waals surface area contributed by atoms with Crippen molar-refractivity contribution in [1.29, 1.82) is 0 Å². The molecule has 168 valence electrons. The van der Waals surface area contributed by atoms with Crippen LogP contribution in [0.15, 0.2) is 53.7 Å². The maximum atomic E-state index is 12.4. The summed E-state index contributed by atoms with van der Waals surface area (Å²) in [4.78, 5) is 12.4. The fraction of sp³-hybridized carbons (Fsp3) is 0.348. The van der Waals surface area contributed by atoms with E-state index in [4.69, 9.17) is 21.1 Å². The van der Waals surface area contributed by atoms with E-state index in [9.17, 15) is 4.79 Å². The average molecular weight is 473 g/mol. The molecule has 1 fully saturated rings. The van der Waals surface area contributed by atoms with Crippen molar-refractivity contribution >= 4 is 29.3 Å². The molecule has 9 heteroatoms. The molecule has 1 aliphatic rings. The number of carbonyl (C=O) groups is 1. The number of ether oxygens (including phenoxy) is 2. The zero-order valence-electron chi connectivity index (χ0n) is 17.8. The lowest BCUT2D eigenvalue weighted by molar-refractivity contribution is -0.119. The van der Waals surface area contributed by atoms with Crippen molar-refractivity contribution in [1.82, 2.24) is 20.1 Å². The van der Waals surface area contributed by atoms with Gasteiger partial charge in [-0.05, 0) is 56.2 Å². The number of hydrogen-bond acceptors (Lipinski definition) is 6. The Morgan fingerprint density at radius 2 is 2.12 bits per heavy atom. The minimum atomic E-state index is -0.0592. The predicted octanol–water partition coefficient (Wildman–Crippen LogP) is 4.37. The zero-order chi connectivity index (χ0) is 22.3. The number of nitrogens with one attached hydrogen (secondary N) is 1. The molecule has 7 nitrogen and oxygen atoms in total. The Bertz CT molecular complexity index is 1050. The lowest BCUT2D eigenvalue weighted by Gasteiger charge is -2.12. The molecule has 1 saturated heterocycles. The molecule has 1 N–H and O–H groups in total. The summed E-state index contributed by atoms with van der Waals surface area (Å²) in [6.07, 6.45) is 2.15. The number of benzene rings is 2. The van der Waals surface area contributed by atoms with Crippen LogP contribution in [0.25, 0.3) is 17.1 Å². The van der Waals surface area contributed by atoms with Crippen molar-refractivity contribution in [2.75, 3.05) is 25.5 Å². The van der Waals surface area contributed by atoms with E-state index in [0.717, 1.165) is 36.4 Å². The number of amides is 1. The Balaban J connectivity index is 1.55. The number of thioether (sulfide) groups is 1. The van der Waals surface area contributed by atoms with Crippen LogP contribution in [-0.4, -0.2) is 52.3 Å². The van der Waals surface area contributed by atoms with Crippen LogP contribution in [0.3, 0.4) is 0 Å². The van der Waals surface area contributed by atoms with Gasteiger partial charge in [-0.3, -0.25) is 9.36 Å². The van der Waals surface area contributed by atoms with Crippen LogP contribution in [0.5, 0.6) is 5.75 Å². The van der Waals surface area contributed by atoms with Gasteiger partial charge in [0.15, 0.2) is 11.0 Å². The molecule has 1 unspecified atom stereocenters. The van der Waals surface area contributed by atoms with Gasteiger partial charge in [0.1, 0.15) is 5.75 Å². The maximum absolute atomic E-state index is 12.4. The summed E-state index contributed by atoms with van der Waals surface area (Å²) in [6.45, 7) is 3.86. The molecule has 0 spiro atoms. The van der Waals surface area contributed by atoms with Crippen LogP contribution >= 0.6 is 23.4 Å². The molecule has 2 aromatic carbocycles. The van der Waals surface area contributed by atoms with E-state index in [1.165, 1.54) is 11.8 Å². The Morgan fingerprint density at radius 3 is 2.84 bits per heavy atom. The Labute approximate surface area is 196 Å². The summed E-state index contributed by atoms with van der Waals surface area (Å²) in [6, 6.07) is 15.2. The summed E-state index contributed by atoms with van der Waals surface area (Å²) < 4.78 is 13.1. The standard InChI is InChI=1S/C23H25ClN4O3S/c1-2-30-19-10-8-18(9-11-19)28-22(16-5-3-6-17(24)13-16)26-27-23(28)32-15-21(29)25-14-20-7-4-12-31-20/h3,5-6,8-11,13,20H,2,4,7,12,14-15H2,1H3,(H,25,29). The van der Waals surface area contributed by atoms with Gasteiger partial charge in [-0.2, -0.15) is 0 Å². The van der Waals surface area contributed by atoms with Crippen molar-refractivity contribution in [3.63, 3.8) is 0 Å². The second kappa shape index (κ2) is 10.8. The van der Waals surface area contributed by atoms with E-state index < -0.39 is 0 Å². The lowest BCUT2D eigenvalue weighted by atomic mass is 10.2. The van der Waals surface area contributed by atoms with Crippen LogP contribution in [0, 0.1) is 0 Å². The van der Waals surface area contributed by atoms with Gasteiger partial charge in [0, 0.05) is 29.4 Å². The first-order valence-corrected chi connectivity index (χ1v) is 12.0. The largest absolute Gasteiger partial charge is 0.494 e. The van der Waals surface area contributed by atoms with Crippen LogP contribution in [-0.2, 0) is 9.53 Å². The highest BCUT2D eigenvalue weighted by molar-refractivity contribution is 7.99. The molecular formula is C23H25ClN4O3S. The molecule has 2 heterocycles. The van der Waals surface area contributed by atoms with Crippen LogP contribution in [0.1, 0.15) is 19.8 Å². The molecule has 0 radical (unpaired) electrons. The molecule has 4 rings (SSSR count). The van der Waals surface area contributed by atoms with Crippen molar-refractivity contribution in [3.8, 4) is 22.8 Å². The average Bonchev–Trinajstić information content (AvgIpc) is 3.47.